The molecule has 1 N–H and O–H groups in total. The number of ether oxygens (including phenoxy) is 4. The van der Waals surface area contributed by atoms with Crippen molar-refractivity contribution in [1.82, 2.24) is 0 Å². The second-order valence-corrected chi connectivity index (χ2v) is 26.9. The first kappa shape index (κ1) is 93.1. The lowest BCUT2D eigenvalue weighted by Gasteiger charge is -2.25. The molecule has 0 aromatic rings. The highest BCUT2D eigenvalue weighted by Gasteiger charge is 2.25. The molecular formula is C90H146NO8+. The molecule has 0 spiro atoms. The van der Waals surface area contributed by atoms with E-state index in [9.17, 15) is 19.5 Å². The Balaban J connectivity index is 4.13. The number of nitrogens with zero attached hydrogens (tertiary/aromatic N) is 1. The van der Waals surface area contributed by atoms with Crippen LogP contribution in [-0.2, 0) is 33.3 Å². The molecule has 0 radical (unpaired) electrons. The number of hydrogen-bond donors (Lipinski definition) is 1. The van der Waals surface area contributed by atoms with Crippen LogP contribution in [0.3, 0.4) is 0 Å². The second kappa shape index (κ2) is 77.9. The molecule has 0 bridgehead atoms. The summed E-state index contributed by atoms with van der Waals surface area (Å²) in [5.74, 6) is -2.02. The molecule has 0 saturated carbocycles. The second-order valence-electron chi connectivity index (χ2n) is 26.9. The first-order valence-corrected chi connectivity index (χ1v) is 39.6. The molecule has 0 aromatic heterocycles. The van der Waals surface area contributed by atoms with Crippen LogP contribution in [0.1, 0.15) is 296 Å². The van der Waals surface area contributed by atoms with E-state index in [0.29, 0.717) is 23.9 Å². The van der Waals surface area contributed by atoms with Gasteiger partial charge in [0.2, 0.25) is 0 Å². The molecule has 2 atom stereocenters. The van der Waals surface area contributed by atoms with Crippen LogP contribution in [-0.4, -0.2) is 87.4 Å². The van der Waals surface area contributed by atoms with Gasteiger partial charge in [0, 0.05) is 12.8 Å². The van der Waals surface area contributed by atoms with Crippen molar-refractivity contribution in [3.05, 3.63) is 194 Å². The fraction of sp³-hybridized carbons (Fsp3) is 0.611. The zero-order valence-corrected chi connectivity index (χ0v) is 63.8. The van der Waals surface area contributed by atoms with E-state index in [-0.39, 0.29) is 32.2 Å². The van der Waals surface area contributed by atoms with Crippen molar-refractivity contribution >= 4 is 17.9 Å². The lowest BCUT2D eigenvalue weighted by molar-refractivity contribution is -0.870. The Morgan fingerprint density at radius 2 is 0.545 bits per heavy atom. The van der Waals surface area contributed by atoms with Crippen LogP contribution in [0.2, 0.25) is 0 Å². The number of esters is 2. The predicted octanol–water partition coefficient (Wildman–Crippen LogP) is 25.7. The maximum atomic E-state index is 13.0. The van der Waals surface area contributed by atoms with Crippen molar-refractivity contribution < 1.29 is 42.9 Å². The number of unbranched alkanes of at least 4 members (excludes halogenated alkanes) is 24. The van der Waals surface area contributed by atoms with Gasteiger partial charge in [-0.1, -0.05) is 337 Å². The standard InChI is InChI=1S/C90H145NO8/c1-6-8-10-12-14-16-18-20-22-24-26-28-30-32-34-36-38-40-42-43-44-45-47-49-51-53-55-57-59-61-63-65-67-69-71-73-75-77-79-81-88(93)99-86(85-98-90(89(94)95)96-83-82-91(3,4)5)84-97-87(92)80-78-76-74-72-70-68-66-64-62-60-58-56-54-52-50-48-46-41-39-37-35-33-31-29-27-25-23-21-19-17-15-13-11-9-7-2/h8-11,14-17,20-23,26-29,32-35,38-41,43-44,47,49,53,55,59,61,86,90H,6-7,12-13,18-19,24-25,30-31,36-37,42,45-46,48,50-52,54,56-58,60,62-85H2,1-5H3/p+1/b10-8-,11-9-,16-14-,17-15-,22-20-,23-21-,28-26-,29-27-,34-32-,35-33-,40-38-,41-39-,44-43-,49-47-,55-53-,61-59-. The largest absolute Gasteiger partial charge is 0.477 e. The van der Waals surface area contributed by atoms with Gasteiger partial charge in [-0.25, -0.2) is 4.79 Å². The molecule has 0 aliphatic carbocycles. The molecule has 0 rings (SSSR count). The molecule has 0 fully saturated rings. The number of hydrogen-bond acceptors (Lipinski definition) is 7. The van der Waals surface area contributed by atoms with Gasteiger partial charge in [-0.15, -0.1) is 0 Å². The molecule has 99 heavy (non-hydrogen) atoms. The predicted molar refractivity (Wildman–Crippen MR) is 428 cm³/mol. The van der Waals surface area contributed by atoms with Gasteiger partial charge in [-0.2, -0.15) is 0 Å². The molecular weight excluding hydrogens is 1220 g/mol. The third kappa shape index (κ3) is 79.3. The number of rotatable bonds is 71. The van der Waals surface area contributed by atoms with Gasteiger partial charge >= 0.3 is 17.9 Å². The number of quaternary nitrogens is 1. The molecule has 0 saturated heterocycles. The number of carboxylic acids is 1. The number of aliphatic carboxylic acids is 1. The Labute approximate surface area is 608 Å². The van der Waals surface area contributed by atoms with Crippen molar-refractivity contribution in [3.63, 3.8) is 0 Å². The highest BCUT2D eigenvalue weighted by atomic mass is 16.7. The van der Waals surface area contributed by atoms with Gasteiger partial charge in [-0.05, 0) is 141 Å². The van der Waals surface area contributed by atoms with Crippen LogP contribution in [0, 0.1) is 0 Å². The zero-order valence-electron chi connectivity index (χ0n) is 63.8. The summed E-state index contributed by atoms with van der Waals surface area (Å²) >= 11 is 0. The maximum absolute atomic E-state index is 13.0. The molecule has 0 heterocycles. The van der Waals surface area contributed by atoms with E-state index in [2.05, 4.69) is 208 Å². The minimum atomic E-state index is -1.53. The number of carbonyl (C=O) groups is 3. The molecule has 2 unspecified atom stereocenters. The van der Waals surface area contributed by atoms with E-state index in [1.165, 1.54) is 116 Å². The highest BCUT2D eigenvalue weighted by molar-refractivity contribution is 5.71. The van der Waals surface area contributed by atoms with E-state index in [4.69, 9.17) is 18.9 Å². The zero-order chi connectivity index (χ0) is 71.8. The van der Waals surface area contributed by atoms with E-state index in [1.807, 2.05) is 21.1 Å². The fourth-order valence-electron chi connectivity index (χ4n) is 10.4. The SMILES string of the molecule is CC/C=C\C/C=C\C/C=C\C/C=C\C/C=C\C/C=C\C/C=C\C/C=C\C/C=C\C/C=C\CCCCCCCCCCC(=O)OC(COC(=O)CCCCCCCCCCCCCCCCCC/C=C\C/C=C\C/C=C\C/C=C\C/C=C\C/C=C\CC)COC(OCC[N+](C)(C)C)C(=O)O. The molecule has 9 heteroatoms. The Morgan fingerprint density at radius 3 is 0.808 bits per heavy atom. The van der Waals surface area contributed by atoms with Gasteiger partial charge in [0.1, 0.15) is 13.2 Å². The molecule has 0 aliphatic rings. The lowest BCUT2D eigenvalue weighted by Crippen LogP contribution is -2.40. The maximum Gasteiger partial charge on any atom is 0.361 e. The normalized spacial score (nSPS) is 13.7. The summed E-state index contributed by atoms with van der Waals surface area (Å²) in [6.45, 7) is 4.64. The third-order valence-corrected chi connectivity index (χ3v) is 16.3. The van der Waals surface area contributed by atoms with Crippen LogP contribution in [0.25, 0.3) is 0 Å². The third-order valence-electron chi connectivity index (χ3n) is 16.3. The highest BCUT2D eigenvalue weighted by Crippen LogP contribution is 2.17. The van der Waals surface area contributed by atoms with Gasteiger partial charge < -0.3 is 28.5 Å². The lowest BCUT2D eigenvalue weighted by atomic mass is 10.0. The Hall–Kier alpha value is -5.87. The summed E-state index contributed by atoms with van der Waals surface area (Å²) in [5, 5.41) is 9.78. The van der Waals surface area contributed by atoms with E-state index < -0.39 is 24.3 Å². The average molecular weight is 1370 g/mol. The minimum Gasteiger partial charge on any atom is -0.477 e. The fourth-order valence-corrected chi connectivity index (χ4v) is 10.4. The summed E-state index contributed by atoms with van der Waals surface area (Å²) in [4.78, 5) is 37.7. The number of allylic oxidation sites excluding steroid dienone is 32. The topological polar surface area (TPSA) is 108 Å². The number of likely N-dealkylation sites (N-methyl/N-ethyl adjacent to an activating group) is 1. The smallest absolute Gasteiger partial charge is 0.361 e. The monoisotopic (exact) mass is 1370 g/mol. The van der Waals surface area contributed by atoms with Crippen LogP contribution >= 0.6 is 0 Å². The summed E-state index contributed by atoms with van der Waals surface area (Å²) in [5.41, 5.74) is 0. The molecule has 0 aliphatic heterocycles. The van der Waals surface area contributed by atoms with Crippen molar-refractivity contribution in [3.8, 4) is 0 Å². The van der Waals surface area contributed by atoms with Gasteiger partial charge in [0.25, 0.3) is 6.29 Å². The van der Waals surface area contributed by atoms with E-state index in [1.54, 1.807) is 0 Å². The summed E-state index contributed by atoms with van der Waals surface area (Å²) in [6, 6.07) is 0. The summed E-state index contributed by atoms with van der Waals surface area (Å²) in [6.07, 6.45) is 117. The first-order valence-electron chi connectivity index (χ1n) is 39.6. The Bertz CT molecular complexity index is 2340. The van der Waals surface area contributed by atoms with Crippen LogP contribution in [0.5, 0.6) is 0 Å². The molecule has 558 valence electrons. The summed E-state index contributed by atoms with van der Waals surface area (Å²) < 4.78 is 23.0. The van der Waals surface area contributed by atoms with Crippen molar-refractivity contribution in [2.45, 2.75) is 309 Å². The van der Waals surface area contributed by atoms with Gasteiger partial charge in [0.15, 0.2) is 6.10 Å². The van der Waals surface area contributed by atoms with Crippen molar-refractivity contribution in [2.75, 3.05) is 47.5 Å². The van der Waals surface area contributed by atoms with Crippen LogP contribution in [0.15, 0.2) is 194 Å². The van der Waals surface area contributed by atoms with Gasteiger partial charge in [-0.3, -0.25) is 9.59 Å². The quantitative estimate of drug-likeness (QED) is 0.0211. The summed E-state index contributed by atoms with van der Waals surface area (Å²) in [7, 11) is 5.97. The van der Waals surface area contributed by atoms with Crippen molar-refractivity contribution in [1.29, 1.82) is 0 Å². The number of carbonyl (C=O) groups excluding carboxylic acids is 2. The van der Waals surface area contributed by atoms with Crippen LogP contribution < -0.4 is 0 Å². The Kier molecular flexibility index (Phi) is 73.2. The minimum absolute atomic E-state index is 0.177. The van der Waals surface area contributed by atoms with Crippen LogP contribution in [0.4, 0.5) is 0 Å². The van der Waals surface area contributed by atoms with Crippen molar-refractivity contribution in [2.24, 2.45) is 0 Å². The van der Waals surface area contributed by atoms with E-state index in [0.717, 1.165) is 148 Å². The van der Waals surface area contributed by atoms with Gasteiger partial charge in [0.05, 0.1) is 34.4 Å². The number of carboxylic acid groups (broad SMARTS) is 1. The average Bonchev–Trinajstić information content (AvgIpc) is 1.14. The first-order chi connectivity index (χ1) is 48.6. The Morgan fingerprint density at radius 1 is 0.303 bits per heavy atom. The molecule has 0 amide bonds. The molecule has 0 aromatic carbocycles. The molecule has 9 nitrogen and oxygen atoms in total. The van der Waals surface area contributed by atoms with E-state index >= 15 is 0 Å².